The Balaban J connectivity index is 2.54. The van der Waals surface area contributed by atoms with E-state index in [-0.39, 0.29) is 5.82 Å². The van der Waals surface area contributed by atoms with Crippen LogP contribution in [0.5, 0.6) is 0 Å². The second kappa shape index (κ2) is 3.70. The summed E-state index contributed by atoms with van der Waals surface area (Å²) < 4.78 is 14.6. The van der Waals surface area contributed by atoms with Crippen molar-refractivity contribution in [2.24, 2.45) is 0 Å². The van der Waals surface area contributed by atoms with Crippen LogP contribution < -0.4 is 5.48 Å². The van der Waals surface area contributed by atoms with Gasteiger partial charge < -0.3 is 0 Å². The van der Waals surface area contributed by atoms with E-state index in [9.17, 15) is 9.18 Å². The predicted octanol–water partition coefficient (Wildman–Crippen LogP) is 1.90. The second-order valence-electron chi connectivity index (χ2n) is 2.97. The van der Waals surface area contributed by atoms with Gasteiger partial charge in [-0.2, -0.15) is 0 Å². The van der Waals surface area contributed by atoms with Crippen LogP contribution in [-0.4, -0.2) is 17.7 Å². The molecule has 2 aromatic rings. The molecule has 0 aliphatic rings. The Bertz CT molecular complexity index is 507. The number of nitrogens with zero attached hydrogens (tertiary/aromatic N) is 1. The number of nitrogens with one attached hydrogen (secondary N) is 1. The van der Waals surface area contributed by atoms with Crippen molar-refractivity contribution in [2.75, 3.05) is 7.11 Å². The van der Waals surface area contributed by atoms with Gasteiger partial charge in [0.2, 0.25) is 0 Å². The summed E-state index contributed by atoms with van der Waals surface area (Å²) in [5.41, 5.74) is 2.67. The van der Waals surface area contributed by atoms with Gasteiger partial charge in [-0.05, 0) is 18.2 Å². The SMILES string of the molecule is CONC(=O)n1ccc2c(F)cccc21. The van der Waals surface area contributed by atoms with Gasteiger partial charge >= 0.3 is 6.03 Å². The number of rotatable bonds is 1. The number of benzene rings is 1. The van der Waals surface area contributed by atoms with Gasteiger partial charge in [-0.25, -0.2) is 14.7 Å². The summed E-state index contributed by atoms with van der Waals surface area (Å²) in [6.45, 7) is 0. The van der Waals surface area contributed by atoms with Gasteiger partial charge in [0, 0.05) is 11.6 Å². The first-order valence-corrected chi connectivity index (χ1v) is 4.33. The molecule has 15 heavy (non-hydrogen) atoms. The highest BCUT2D eigenvalue weighted by Crippen LogP contribution is 2.18. The molecule has 0 unspecified atom stereocenters. The summed E-state index contributed by atoms with van der Waals surface area (Å²) in [5.74, 6) is -0.350. The molecule has 5 heteroatoms. The predicted molar refractivity (Wildman–Crippen MR) is 52.8 cm³/mol. The lowest BCUT2D eigenvalue weighted by Gasteiger charge is -2.03. The van der Waals surface area contributed by atoms with Gasteiger partial charge in [0.25, 0.3) is 0 Å². The van der Waals surface area contributed by atoms with E-state index >= 15 is 0 Å². The second-order valence-corrected chi connectivity index (χ2v) is 2.97. The van der Waals surface area contributed by atoms with Crippen molar-refractivity contribution in [3.63, 3.8) is 0 Å². The van der Waals surface area contributed by atoms with Crippen LogP contribution in [0.3, 0.4) is 0 Å². The molecule has 0 radical (unpaired) electrons. The Kier molecular flexibility index (Phi) is 2.39. The third kappa shape index (κ3) is 1.57. The van der Waals surface area contributed by atoms with Crippen LogP contribution in [0.2, 0.25) is 0 Å². The van der Waals surface area contributed by atoms with Crippen molar-refractivity contribution in [1.29, 1.82) is 0 Å². The van der Waals surface area contributed by atoms with Crippen molar-refractivity contribution in [3.8, 4) is 0 Å². The molecule has 78 valence electrons. The Morgan fingerprint density at radius 1 is 1.47 bits per heavy atom. The average Bonchev–Trinajstić information content (AvgIpc) is 2.63. The fraction of sp³-hybridized carbons (Fsp3) is 0.100. The molecule has 0 aliphatic heterocycles. The van der Waals surface area contributed by atoms with Crippen LogP contribution in [0.4, 0.5) is 9.18 Å². The van der Waals surface area contributed by atoms with E-state index in [4.69, 9.17) is 0 Å². The van der Waals surface area contributed by atoms with Crippen molar-refractivity contribution in [2.45, 2.75) is 0 Å². The first kappa shape index (κ1) is 9.67. The van der Waals surface area contributed by atoms with E-state index < -0.39 is 6.03 Å². The number of aromatic nitrogens is 1. The third-order valence-electron chi connectivity index (χ3n) is 2.09. The summed E-state index contributed by atoms with van der Waals surface area (Å²) in [6.07, 6.45) is 1.49. The Hall–Kier alpha value is -1.88. The standard InChI is InChI=1S/C10H9FN2O2/c1-15-12-10(14)13-6-5-7-8(11)3-2-4-9(7)13/h2-6H,1H3,(H,12,14). The van der Waals surface area contributed by atoms with E-state index in [1.165, 1.54) is 23.9 Å². The zero-order valence-corrected chi connectivity index (χ0v) is 8.03. The molecule has 1 aromatic heterocycles. The van der Waals surface area contributed by atoms with E-state index in [0.717, 1.165) is 0 Å². The monoisotopic (exact) mass is 208 g/mol. The third-order valence-corrected chi connectivity index (χ3v) is 2.09. The van der Waals surface area contributed by atoms with Crippen LogP contribution in [-0.2, 0) is 4.84 Å². The molecule has 4 nitrogen and oxygen atoms in total. The smallest absolute Gasteiger partial charge is 0.275 e. The molecule has 0 fully saturated rings. The molecular formula is C10H9FN2O2. The first-order valence-electron chi connectivity index (χ1n) is 4.33. The first-order chi connectivity index (χ1) is 7.24. The molecule has 0 aliphatic carbocycles. The number of fused-ring (bicyclic) bond motifs is 1. The van der Waals surface area contributed by atoms with Crippen LogP contribution in [0, 0.1) is 5.82 Å². The van der Waals surface area contributed by atoms with Crippen molar-refractivity contribution >= 4 is 16.9 Å². The molecule has 0 bridgehead atoms. The minimum absolute atomic E-state index is 0.350. The van der Waals surface area contributed by atoms with Gasteiger partial charge in [-0.3, -0.25) is 9.40 Å². The van der Waals surface area contributed by atoms with Crippen LogP contribution in [0.1, 0.15) is 0 Å². The van der Waals surface area contributed by atoms with Gasteiger partial charge in [-0.15, -0.1) is 0 Å². The van der Waals surface area contributed by atoms with Gasteiger partial charge in [0.05, 0.1) is 12.6 Å². The summed E-state index contributed by atoms with van der Waals surface area (Å²) in [4.78, 5) is 15.9. The summed E-state index contributed by atoms with van der Waals surface area (Å²) in [7, 11) is 1.34. The molecule has 0 atom stereocenters. The maximum Gasteiger partial charge on any atom is 0.349 e. The lowest BCUT2D eigenvalue weighted by Crippen LogP contribution is -2.26. The Morgan fingerprint density at radius 2 is 2.27 bits per heavy atom. The fourth-order valence-electron chi connectivity index (χ4n) is 1.44. The van der Waals surface area contributed by atoms with E-state index in [1.54, 1.807) is 18.2 Å². The molecular weight excluding hydrogens is 199 g/mol. The number of halogens is 1. The summed E-state index contributed by atoms with van der Waals surface area (Å²) in [5, 5.41) is 0.406. The highest BCUT2D eigenvalue weighted by molar-refractivity contribution is 5.91. The molecule has 1 heterocycles. The molecule has 1 amide bonds. The fourth-order valence-corrected chi connectivity index (χ4v) is 1.44. The summed E-state index contributed by atoms with van der Waals surface area (Å²) in [6, 6.07) is 5.64. The van der Waals surface area contributed by atoms with Gasteiger partial charge in [0.1, 0.15) is 5.82 Å². The number of hydroxylamine groups is 1. The lowest BCUT2D eigenvalue weighted by molar-refractivity contribution is 0.109. The number of amides is 1. The molecule has 2 rings (SSSR count). The van der Waals surface area contributed by atoms with Crippen molar-refractivity contribution < 1.29 is 14.0 Å². The molecule has 1 aromatic carbocycles. The van der Waals surface area contributed by atoms with Crippen LogP contribution in [0.25, 0.3) is 10.9 Å². The number of carbonyl (C=O) groups excluding carboxylic acids is 1. The molecule has 0 spiro atoms. The minimum Gasteiger partial charge on any atom is -0.275 e. The molecule has 1 N–H and O–H groups in total. The molecule has 0 saturated heterocycles. The number of hydrogen-bond acceptors (Lipinski definition) is 2. The largest absolute Gasteiger partial charge is 0.349 e. The normalized spacial score (nSPS) is 10.5. The quantitative estimate of drug-likeness (QED) is 0.727. The van der Waals surface area contributed by atoms with Crippen LogP contribution >= 0.6 is 0 Å². The highest BCUT2D eigenvalue weighted by atomic mass is 19.1. The average molecular weight is 208 g/mol. The summed E-state index contributed by atoms with van der Waals surface area (Å²) >= 11 is 0. The Morgan fingerprint density at radius 3 is 3.00 bits per heavy atom. The van der Waals surface area contributed by atoms with E-state index in [1.807, 2.05) is 0 Å². The zero-order chi connectivity index (χ0) is 10.8. The molecule has 0 saturated carbocycles. The van der Waals surface area contributed by atoms with E-state index in [2.05, 4.69) is 10.3 Å². The maximum absolute atomic E-state index is 13.3. The zero-order valence-electron chi connectivity index (χ0n) is 8.03. The van der Waals surface area contributed by atoms with Gasteiger partial charge in [-0.1, -0.05) is 6.07 Å². The minimum atomic E-state index is -0.460. The van der Waals surface area contributed by atoms with Crippen LogP contribution in [0.15, 0.2) is 30.5 Å². The number of carbonyl (C=O) groups is 1. The highest BCUT2D eigenvalue weighted by Gasteiger charge is 2.09. The Labute approximate surface area is 85.2 Å². The van der Waals surface area contributed by atoms with Gasteiger partial charge in [0.15, 0.2) is 0 Å². The van der Waals surface area contributed by atoms with E-state index in [0.29, 0.717) is 10.9 Å². The van der Waals surface area contributed by atoms with Crippen molar-refractivity contribution in [3.05, 3.63) is 36.3 Å². The lowest BCUT2D eigenvalue weighted by atomic mass is 10.2. The number of hydrogen-bond donors (Lipinski definition) is 1. The topological polar surface area (TPSA) is 43.3 Å². The maximum atomic E-state index is 13.3. The van der Waals surface area contributed by atoms with Crippen molar-refractivity contribution in [1.82, 2.24) is 10.0 Å².